The molecule has 0 saturated heterocycles. The van der Waals surface area contributed by atoms with Crippen LogP contribution in [0.15, 0.2) is 66.7 Å². The van der Waals surface area contributed by atoms with Crippen molar-refractivity contribution in [3.05, 3.63) is 94.5 Å². The van der Waals surface area contributed by atoms with Crippen molar-refractivity contribution in [1.29, 1.82) is 0 Å². The number of rotatable bonds is 7. The van der Waals surface area contributed by atoms with E-state index in [2.05, 4.69) is 54.1 Å². The topological polar surface area (TPSA) is 99.7 Å². The fraction of sp³-hybridized carbons (Fsp3) is 0.429. The van der Waals surface area contributed by atoms with E-state index in [9.17, 15) is 14.7 Å². The summed E-state index contributed by atoms with van der Waals surface area (Å²) in [7, 11) is 0. The molecule has 3 aromatic rings. The summed E-state index contributed by atoms with van der Waals surface area (Å²) in [6.07, 6.45) is 3.34. The van der Waals surface area contributed by atoms with Gasteiger partial charge in [0.05, 0.1) is 18.8 Å². The molecule has 4 bridgehead atoms. The number of ether oxygens (including phenoxy) is 1. The highest BCUT2D eigenvalue weighted by molar-refractivity contribution is 6.01. The molecule has 1 saturated carbocycles. The number of fused-ring (bicyclic) bond motifs is 4. The molecular formula is C35H43N3O4. The first-order valence-corrected chi connectivity index (χ1v) is 15.2. The Kier molecular flexibility index (Phi) is 9.29. The minimum Gasteiger partial charge on any atom is -0.494 e. The van der Waals surface area contributed by atoms with Crippen molar-refractivity contribution >= 4 is 17.4 Å². The zero-order valence-corrected chi connectivity index (χ0v) is 24.9. The van der Waals surface area contributed by atoms with Gasteiger partial charge in [0, 0.05) is 35.4 Å². The zero-order chi connectivity index (χ0) is 29.7. The van der Waals surface area contributed by atoms with E-state index in [-0.39, 0.29) is 17.2 Å². The highest BCUT2D eigenvalue weighted by atomic mass is 16.5. The number of aliphatic hydroxyl groups excluding tert-OH is 1. The van der Waals surface area contributed by atoms with E-state index in [1.807, 2.05) is 24.3 Å². The number of ketones is 1. The van der Waals surface area contributed by atoms with E-state index in [1.54, 1.807) is 18.2 Å². The van der Waals surface area contributed by atoms with Crippen LogP contribution in [0.1, 0.15) is 89.8 Å². The van der Waals surface area contributed by atoms with Gasteiger partial charge in [-0.3, -0.25) is 9.59 Å². The van der Waals surface area contributed by atoms with Crippen molar-refractivity contribution < 1.29 is 19.4 Å². The lowest BCUT2D eigenvalue weighted by Crippen LogP contribution is -2.50. The molecule has 2 atom stereocenters. The molecule has 0 spiro atoms. The first kappa shape index (κ1) is 29.8. The average molecular weight is 570 g/mol. The van der Waals surface area contributed by atoms with Crippen molar-refractivity contribution in [1.82, 2.24) is 10.6 Å². The van der Waals surface area contributed by atoms with Crippen LogP contribution in [0, 0.1) is 0 Å². The molecule has 0 radical (unpaired) electrons. The van der Waals surface area contributed by atoms with Crippen molar-refractivity contribution in [3.63, 3.8) is 0 Å². The molecule has 2 aliphatic rings. The zero-order valence-electron chi connectivity index (χ0n) is 24.9. The van der Waals surface area contributed by atoms with Gasteiger partial charge in [0.1, 0.15) is 5.75 Å². The Bertz CT molecular complexity index is 1410. The van der Waals surface area contributed by atoms with Crippen LogP contribution >= 0.6 is 0 Å². The van der Waals surface area contributed by atoms with E-state index in [1.165, 1.54) is 18.1 Å². The molecule has 222 valence electrons. The van der Waals surface area contributed by atoms with Gasteiger partial charge >= 0.3 is 0 Å². The highest BCUT2D eigenvalue weighted by Crippen LogP contribution is 2.46. The van der Waals surface area contributed by atoms with Crippen LogP contribution in [0.4, 0.5) is 5.69 Å². The predicted molar refractivity (Wildman–Crippen MR) is 167 cm³/mol. The largest absolute Gasteiger partial charge is 0.494 e. The van der Waals surface area contributed by atoms with E-state index < -0.39 is 12.1 Å². The SMILES string of the molecule is CC(=O)c1cc2cc(c1)C(=O)N[C@H]([C@H](O)CNC1(c3cccc(C(C)C)c3)CC1)Cc1cccc(c1)OCCCCN2. The summed E-state index contributed by atoms with van der Waals surface area (Å²) in [5, 5.41) is 21.6. The van der Waals surface area contributed by atoms with Gasteiger partial charge in [0.25, 0.3) is 5.91 Å². The summed E-state index contributed by atoms with van der Waals surface area (Å²) in [5.74, 6) is 0.792. The van der Waals surface area contributed by atoms with Gasteiger partial charge in [0.2, 0.25) is 0 Å². The Balaban J connectivity index is 1.39. The van der Waals surface area contributed by atoms with Gasteiger partial charge in [0.15, 0.2) is 5.78 Å². The number of aliphatic hydroxyl groups is 1. The summed E-state index contributed by atoms with van der Waals surface area (Å²) in [5.41, 5.74) is 4.95. The fourth-order valence-electron chi connectivity index (χ4n) is 5.60. The second-order valence-electron chi connectivity index (χ2n) is 12.1. The smallest absolute Gasteiger partial charge is 0.251 e. The third kappa shape index (κ3) is 7.39. The molecule has 4 N–H and O–H groups in total. The molecule has 1 fully saturated rings. The standard InChI is InChI=1S/C35H43N3O4/c1-23(2)26-9-7-10-29(19-26)35(12-13-35)37-22-33(40)32-17-25-8-6-11-31(16-25)42-15-5-4-14-36-30-20-27(24(3)39)18-28(21-30)34(41)38-32/h6-11,16,18-21,23,32-33,36-37,40H,4-5,12-15,17,22H2,1-3H3,(H,38,41)/t32-,33+/m0/s1. The number of anilines is 1. The van der Waals surface area contributed by atoms with Gasteiger partial charge in [-0.05, 0) is 92.0 Å². The van der Waals surface area contributed by atoms with Gasteiger partial charge in [-0.25, -0.2) is 0 Å². The van der Waals surface area contributed by atoms with Gasteiger partial charge < -0.3 is 25.8 Å². The predicted octanol–water partition coefficient (Wildman–Crippen LogP) is 5.58. The second kappa shape index (κ2) is 13.1. The highest BCUT2D eigenvalue weighted by Gasteiger charge is 2.44. The minimum atomic E-state index is -0.850. The average Bonchev–Trinajstić information content (AvgIpc) is 3.78. The Morgan fingerprint density at radius 1 is 1.07 bits per heavy atom. The van der Waals surface area contributed by atoms with Crippen molar-refractivity contribution in [2.24, 2.45) is 0 Å². The monoisotopic (exact) mass is 569 g/mol. The first-order chi connectivity index (χ1) is 20.2. The van der Waals surface area contributed by atoms with Crippen LogP contribution in [0.5, 0.6) is 5.75 Å². The van der Waals surface area contributed by atoms with Gasteiger partial charge in [-0.2, -0.15) is 0 Å². The fourth-order valence-corrected chi connectivity index (χ4v) is 5.60. The lowest BCUT2D eigenvalue weighted by Gasteiger charge is -2.28. The lowest BCUT2D eigenvalue weighted by atomic mass is 9.95. The first-order valence-electron chi connectivity index (χ1n) is 15.2. The maximum atomic E-state index is 13.6. The number of nitrogens with one attached hydrogen (secondary N) is 3. The molecule has 0 unspecified atom stereocenters. The summed E-state index contributed by atoms with van der Waals surface area (Å²) in [6, 6.07) is 21.2. The van der Waals surface area contributed by atoms with E-state index in [0.717, 1.165) is 42.7 Å². The summed E-state index contributed by atoms with van der Waals surface area (Å²) < 4.78 is 6.00. The molecule has 3 aromatic carbocycles. The van der Waals surface area contributed by atoms with Crippen LogP contribution in [-0.2, 0) is 12.0 Å². The number of Topliss-reactive ketones (excluding diaryl/α,β-unsaturated/α-hetero) is 1. The minimum absolute atomic E-state index is 0.107. The number of carbonyl (C=O) groups is 2. The Morgan fingerprint density at radius 2 is 1.88 bits per heavy atom. The second-order valence-corrected chi connectivity index (χ2v) is 12.1. The van der Waals surface area contributed by atoms with Crippen molar-refractivity contribution in [3.8, 4) is 5.75 Å². The Hall–Kier alpha value is -3.68. The Morgan fingerprint density at radius 3 is 2.64 bits per heavy atom. The maximum absolute atomic E-state index is 13.6. The van der Waals surface area contributed by atoms with Crippen molar-refractivity contribution in [2.45, 2.75) is 76.5 Å². The molecule has 1 heterocycles. The summed E-state index contributed by atoms with van der Waals surface area (Å²) in [6.45, 7) is 7.51. The third-order valence-corrected chi connectivity index (χ3v) is 8.41. The number of carbonyl (C=O) groups excluding carboxylic acids is 2. The molecule has 7 heteroatoms. The van der Waals surface area contributed by atoms with E-state index >= 15 is 0 Å². The molecule has 1 amide bonds. The Labute approximate surface area is 249 Å². The summed E-state index contributed by atoms with van der Waals surface area (Å²) in [4.78, 5) is 25.9. The van der Waals surface area contributed by atoms with Gasteiger partial charge in [-0.15, -0.1) is 0 Å². The number of hydrogen-bond acceptors (Lipinski definition) is 6. The molecule has 42 heavy (non-hydrogen) atoms. The number of amides is 1. The molecule has 0 aromatic heterocycles. The van der Waals surface area contributed by atoms with E-state index in [4.69, 9.17) is 4.74 Å². The maximum Gasteiger partial charge on any atom is 0.251 e. The van der Waals surface area contributed by atoms with Crippen molar-refractivity contribution in [2.75, 3.05) is 25.0 Å². The number of hydrogen-bond donors (Lipinski definition) is 4. The van der Waals surface area contributed by atoms with Gasteiger partial charge in [-0.1, -0.05) is 50.2 Å². The van der Waals surface area contributed by atoms with Crippen LogP contribution in [0.2, 0.25) is 0 Å². The molecular weight excluding hydrogens is 526 g/mol. The third-order valence-electron chi connectivity index (χ3n) is 8.41. The lowest BCUT2D eigenvalue weighted by molar-refractivity contribution is 0.0822. The normalized spacial score (nSPS) is 19.3. The van der Waals surface area contributed by atoms with Crippen LogP contribution in [0.3, 0.4) is 0 Å². The van der Waals surface area contributed by atoms with E-state index in [0.29, 0.717) is 43.2 Å². The quantitative estimate of drug-likeness (QED) is 0.278. The molecule has 1 aliphatic carbocycles. The molecule has 5 rings (SSSR count). The molecule has 7 nitrogen and oxygen atoms in total. The number of benzene rings is 3. The summed E-state index contributed by atoms with van der Waals surface area (Å²) >= 11 is 0. The van der Waals surface area contributed by atoms with Crippen LogP contribution in [0.25, 0.3) is 0 Å². The van der Waals surface area contributed by atoms with Crippen LogP contribution < -0.4 is 20.7 Å². The van der Waals surface area contributed by atoms with Crippen LogP contribution in [-0.4, -0.2) is 48.6 Å². The molecule has 1 aliphatic heterocycles.